The standard InChI is InChI=1S/C25H31ClN4O/c1-3-29(4-2)25(31)20-13-15-28(16-14-20)18-24-27-22-7-5-6-8-23(22)30(24)17-19-9-11-21(26)12-10-19/h5-12,20H,3-4,13-18H2,1-2H3. The number of halogens is 1. The van der Waals surface area contributed by atoms with E-state index in [2.05, 4.69) is 53.6 Å². The molecule has 0 N–H and O–H groups in total. The normalized spacial score (nSPS) is 15.5. The first-order chi connectivity index (χ1) is 15.1. The van der Waals surface area contributed by atoms with Crippen LogP contribution < -0.4 is 0 Å². The van der Waals surface area contributed by atoms with Crippen molar-refractivity contribution in [3.8, 4) is 0 Å². The maximum atomic E-state index is 12.7. The molecule has 2 heterocycles. The Morgan fingerprint density at radius 1 is 1.03 bits per heavy atom. The van der Waals surface area contributed by atoms with Gasteiger partial charge in [0, 0.05) is 30.6 Å². The third-order valence-electron chi connectivity index (χ3n) is 6.36. The van der Waals surface area contributed by atoms with Gasteiger partial charge in [-0.3, -0.25) is 9.69 Å². The van der Waals surface area contributed by atoms with Gasteiger partial charge in [-0.15, -0.1) is 0 Å². The van der Waals surface area contributed by atoms with Gasteiger partial charge in [-0.05, 0) is 69.6 Å². The number of aromatic nitrogens is 2. The Balaban J connectivity index is 1.49. The Kier molecular flexibility index (Phi) is 6.93. The van der Waals surface area contributed by atoms with Crippen molar-refractivity contribution in [3.63, 3.8) is 0 Å². The summed E-state index contributed by atoms with van der Waals surface area (Å²) in [5.74, 6) is 1.55. The summed E-state index contributed by atoms with van der Waals surface area (Å²) < 4.78 is 2.31. The minimum absolute atomic E-state index is 0.157. The molecular weight excluding hydrogens is 408 g/mol. The number of hydrogen-bond donors (Lipinski definition) is 0. The lowest BCUT2D eigenvalue weighted by Crippen LogP contribution is -2.42. The van der Waals surface area contributed by atoms with Crippen LogP contribution in [0.25, 0.3) is 11.0 Å². The van der Waals surface area contributed by atoms with Crippen LogP contribution in [0.2, 0.25) is 5.02 Å². The van der Waals surface area contributed by atoms with E-state index in [9.17, 15) is 4.79 Å². The molecule has 0 saturated carbocycles. The maximum absolute atomic E-state index is 12.7. The number of para-hydroxylation sites is 2. The molecule has 31 heavy (non-hydrogen) atoms. The molecule has 6 heteroatoms. The molecule has 0 unspecified atom stereocenters. The summed E-state index contributed by atoms with van der Waals surface area (Å²) >= 11 is 6.07. The summed E-state index contributed by atoms with van der Waals surface area (Å²) in [6.07, 6.45) is 1.85. The van der Waals surface area contributed by atoms with Gasteiger partial charge in [-0.2, -0.15) is 0 Å². The van der Waals surface area contributed by atoms with Gasteiger partial charge in [0.05, 0.1) is 17.6 Å². The highest BCUT2D eigenvalue weighted by Crippen LogP contribution is 2.24. The fourth-order valence-electron chi connectivity index (χ4n) is 4.53. The van der Waals surface area contributed by atoms with Crippen LogP contribution in [0.4, 0.5) is 0 Å². The summed E-state index contributed by atoms with van der Waals surface area (Å²) in [6, 6.07) is 16.3. The van der Waals surface area contributed by atoms with E-state index in [1.807, 2.05) is 23.1 Å². The van der Waals surface area contributed by atoms with Crippen LogP contribution in [0.15, 0.2) is 48.5 Å². The minimum Gasteiger partial charge on any atom is -0.343 e. The zero-order valence-corrected chi connectivity index (χ0v) is 19.2. The fourth-order valence-corrected chi connectivity index (χ4v) is 4.65. The van der Waals surface area contributed by atoms with Crippen molar-refractivity contribution >= 4 is 28.5 Å². The van der Waals surface area contributed by atoms with E-state index >= 15 is 0 Å². The van der Waals surface area contributed by atoms with E-state index in [0.717, 1.165) is 74.0 Å². The molecule has 3 aromatic rings. The number of amides is 1. The van der Waals surface area contributed by atoms with E-state index in [1.165, 1.54) is 5.56 Å². The molecule has 2 aromatic carbocycles. The first-order valence-electron chi connectivity index (χ1n) is 11.3. The number of carbonyl (C=O) groups excluding carboxylic acids is 1. The monoisotopic (exact) mass is 438 g/mol. The molecule has 0 bridgehead atoms. The first-order valence-corrected chi connectivity index (χ1v) is 11.7. The molecule has 1 aromatic heterocycles. The number of piperidine rings is 1. The largest absolute Gasteiger partial charge is 0.343 e. The Morgan fingerprint density at radius 3 is 2.39 bits per heavy atom. The summed E-state index contributed by atoms with van der Waals surface area (Å²) in [7, 11) is 0. The van der Waals surface area contributed by atoms with Crippen molar-refractivity contribution in [2.75, 3.05) is 26.2 Å². The molecule has 4 rings (SSSR count). The van der Waals surface area contributed by atoms with Gasteiger partial charge < -0.3 is 9.47 Å². The highest BCUT2D eigenvalue weighted by molar-refractivity contribution is 6.30. The molecule has 0 atom stereocenters. The van der Waals surface area contributed by atoms with Crippen molar-refractivity contribution in [2.24, 2.45) is 5.92 Å². The van der Waals surface area contributed by atoms with Crippen molar-refractivity contribution in [1.82, 2.24) is 19.4 Å². The average molecular weight is 439 g/mol. The van der Waals surface area contributed by atoms with E-state index in [4.69, 9.17) is 16.6 Å². The van der Waals surface area contributed by atoms with Crippen LogP contribution in [0.1, 0.15) is 38.1 Å². The zero-order chi connectivity index (χ0) is 21.8. The number of imidazole rings is 1. The molecule has 0 radical (unpaired) electrons. The maximum Gasteiger partial charge on any atom is 0.225 e. The third-order valence-corrected chi connectivity index (χ3v) is 6.62. The van der Waals surface area contributed by atoms with Crippen molar-refractivity contribution in [2.45, 2.75) is 39.8 Å². The van der Waals surface area contributed by atoms with E-state index in [0.29, 0.717) is 5.91 Å². The smallest absolute Gasteiger partial charge is 0.225 e. The van der Waals surface area contributed by atoms with Gasteiger partial charge in [0.25, 0.3) is 0 Å². The second-order valence-electron chi connectivity index (χ2n) is 8.29. The molecule has 5 nitrogen and oxygen atoms in total. The SMILES string of the molecule is CCN(CC)C(=O)C1CCN(Cc2nc3ccccc3n2Cc2ccc(Cl)cc2)CC1. The minimum atomic E-state index is 0.157. The summed E-state index contributed by atoms with van der Waals surface area (Å²) in [6.45, 7) is 9.14. The van der Waals surface area contributed by atoms with Gasteiger partial charge in [-0.1, -0.05) is 35.9 Å². The summed E-state index contributed by atoms with van der Waals surface area (Å²) in [5.41, 5.74) is 3.38. The highest BCUT2D eigenvalue weighted by atomic mass is 35.5. The number of carbonyl (C=O) groups is 1. The van der Waals surface area contributed by atoms with Crippen molar-refractivity contribution < 1.29 is 4.79 Å². The Hall–Kier alpha value is -2.37. The van der Waals surface area contributed by atoms with Crippen LogP contribution in [0.5, 0.6) is 0 Å². The van der Waals surface area contributed by atoms with E-state index in [-0.39, 0.29) is 5.92 Å². The molecule has 1 aliphatic rings. The molecule has 0 aliphatic carbocycles. The fraction of sp³-hybridized carbons (Fsp3) is 0.440. The number of likely N-dealkylation sites (tertiary alicyclic amines) is 1. The number of benzene rings is 2. The molecule has 164 valence electrons. The second-order valence-corrected chi connectivity index (χ2v) is 8.73. The van der Waals surface area contributed by atoms with Crippen LogP contribution in [0.3, 0.4) is 0 Å². The number of nitrogens with zero attached hydrogens (tertiary/aromatic N) is 4. The van der Waals surface area contributed by atoms with Gasteiger partial charge in [0.15, 0.2) is 0 Å². The van der Waals surface area contributed by atoms with Crippen LogP contribution in [-0.4, -0.2) is 51.4 Å². The van der Waals surface area contributed by atoms with Gasteiger partial charge in [0.1, 0.15) is 5.82 Å². The van der Waals surface area contributed by atoms with Crippen LogP contribution >= 0.6 is 11.6 Å². The molecule has 1 amide bonds. The molecular formula is C25H31ClN4O. The summed E-state index contributed by atoms with van der Waals surface area (Å²) in [4.78, 5) is 22.1. The third kappa shape index (κ3) is 4.94. The lowest BCUT2D eigenvalue weighted by atomic mass is 9.95. The Labute approximate surface area is 189 Å². The molecule has 1 aliphatic heterocycles. The zero-order valence-electron chi connectivity index (χ0n) is 18.4. The van der Waals surface area contributed by atoms with Gasteiger partial charge in [0.2, 0.25) is 5.91 Å². The average Bonchev–Trinajstić information content (AvgIpc) is 3.13. The van der Waals surface area contributed by atoms with Crippen LogP contribution in [-0.2, 0) is 17.9 Å². The molecule has 1 fully saturated rings. The van der Waals surface area contributed by atoms with E-state index in [1.54, 1.807) is 0 Å². The topological polar surface area (TPSA) is 41.4 Å². The number of hydrogen-bond acceptors (Lipinski definition) is 3. The second kappa shape index (κ2) is 9.84. The van der Waals surface area contributed by atoms with Crippen LogP contribution in [0, 0.1) is 5.92 Å². The van der Waals surface area contributed by atoms with Crippen molar-refractivity contribution in [3.05, 3.63) is 64.9 Å². The van der Waals surface area contributed by atoms with E-state index < -0.39 is 0 Å². The lowest BCUT2D eigenvalue weighted by molar-refractivity contribution is -0.136. The quantitative estimate of drug-likeness (QED) is 0.531. The van der Waals surface area contributed by atoms with Gasteiger partial charge in [-0.25, -0.2) is 4.98 Å². The predicted molar refractivity (Wildman–Crippen MR) is 126 cm³/mol. The number of rotatable bonds is 7. The Morgan fingerprint density at radius 2 is 1.71 bits per heavy atom. The molecule has 1 saturated heterocycles. The van der Waals surface area contributed by atoms with Gasteiger partial charge >= 0.3 is 0 Å². The summed E-state index contributed by atoms with van der Waals surface area (Å²) in [5, 5.41) is 0.751. The lowest BCUT2D eigenvalue weighted by Gasteiger charge is -2.33. The predicted octanol–water partition coefficient (Wildman–Crippen LogP) is 4.82. The first kappa shape index (κ1) is 21.8. The Bertz CT molecular complexity index is 1020. The number of fused-ring (bicyclic) bond motifs is 1. The highest BCUT2D eigenvalue weighted by Gasteiger charge is 2.28. The molecule has 0 spiro atoms. The van der Waals surface area contributed by atoms with Crippen molar-refractivity contribution in [1.29, 1.82) is 0 Å².